The monoisotopic (exact) mass is 230 g/mol. The smallest absolute Gasteiger partial charge is 0.240 e. The van der Waals surface area contributed by atoms with Crippen LogP contribution in [-0.2, 0) is 9.53 Å². The predicted molar refractivity (Wildman–Crippen MR) is 61.2 cm³/mol. The lowest BCUT2D eigenvalue weighted by Crippen LogP contribution is -2.54. The van der Waals surface area contributed by atoms with E-state index in [1.807, 2.05) is 6.92 Å². The maximum absolute atomic E-state index is 12.0. The molecule has 2 unspecified atom stereocenters. The number of rotatable bonds is 6. The molecule has 3 N–H and O–H groups in total. The van der Waals surface area contributed by atoms with Gasteiger partial charge in [0.2, 0.25) is 5.91 Å². The van der Waals surface area contributed by atoms with E-state index in [2.05, 4.69) is 10.6 Å². The summed E-state index contributed by atoms with van der Waals surface area (Å²) in [4.78, 5) is 12.0. The standard InChI is InChI=1S/C11H22N2O3/c1-11(5-3-6-12-11)10(15)13-9(4-7-14)8-16-2/h9,12,14H,3-8H2,1-2H3,(H,13,15). The van der Waals surface area contributed by atoms with Crippen LogP contribution in [0.5, 0.6) is 0 Å². The Bertz CT molecular complexity index is 221. The summed E-state index contributed by atoms with van der Waals surface area (Å²) < 4.78 is 5.01. The van der Waals surface area contributed by atoms with Crippen LogP contribution in [0.4, 0.5) is 0 Å². The van der Waals surface area contributed by atoms with Gasteiger partial charge >= 0.3 is 0 Å². The molecule has 1 heterocycles. The third-order valence-corrected chi connectivity index (χ3v) is 3.05. The average Bonchev–Trinajstić information content (AvgIpc) is 2.67. The van der Waals surface area contributed by atoms with Crippen LogP contribution in [0.15, 0.2) is 0 Å². The van der Waals surface area contributed by atoms with E-state index < -0.39 is 5.54 Å². The lowest BCUT2D eigenvalue weighted by Gasteiger charge is -2.26. The van der Waals surface area contributed by atoms with Crippen molar-refractivity contribution >= 4 is 5.91 Å². The zero-order valence-corrected chi connectivity index (χ0v) is 10.1. The summed E-state index contributed by atoms with van der Waals surface area (Å²) in [5.41, 5.74) is -0.457. The highest BCUT2D eigenvalue weighted by Gasteiger charge is 2.36. The summed E-state index contributed by atoms with van der Waals surface area (Å²) >= 11 is 0. The van der Waals surface area contributed by atoms with Gasteiger partial charge in [0.15, 0.2) is 0 Å². The predicted octanol–water partition coefficient (Wildman–Crippen LogP) is -0.358. The molecular formula is C11H22N2O3. The molecule has 0 saturated carbocycles. The number of aliphatic hydroxyl groups is 1. The highest BCUT2D eigenvalue weighted by Crippen LogP contribution is 2.18. The van der Waals surface area contributed by atoms with Crippen molar-refractivity contribution < 1.29 is 14.6 Å². The Morgan fingerprint density at radius 2 is 2.44 bits per heavy atom. The summed E-state index contributed by atoms with van der Waals surface area (Å²) in [7, 11) is 1.59. The molecule has 0 spiro atoms. The molecule has 1 aliphatic rings. The van der Waals surface area contributed by atoms with E-state index in [0.29, 0.717) is 13.0 Å². The summed E-state index contributed by atoms with van der Waals surface area (Å²) in [5.74, 6) is 0.000463. The summed E-state index contributed by atoms with van der Waals surface area (Å²) in [5, 5.41) is 15.0. The lowest BCUT2D eigenvalue weighted by molar-refractivity contribution is -0.127. The number of aliphatic hydroxyl groups excluding tert-OH is 1. The van der Waals surface area contributed by atoms with Crippen LogP contribution in [0.2, 0.25) is 0 Å². The Morgan fingerprint density at radius 3 is 2.94 bits per heavy atom. The van der Waals surface area contributed by atoms with Crippen molar-refractivity contribution in [3.8, 4) is 0 Å². The number of hydrogen-bond donors (Lipinski definition) is 3. The Labute approximate surface area is 96.6 Å². The molecule has 0 aromatic carbocycles. The van der Waals surface area contributed by atoms with Crippen molar-refractivity contribution in [2.24, 2.45) is 0 Å². The maximum Gasteiger partial charge on any atom is 0.240 e. The zero-order valence-electron chi connectivity index (χ0n) is 10.1. The highest BCUT2D eigenvalue weighted by atomic mass is 16.5. The van der Waals surface area contributed by atoms with Crippen LogP contribution in [0.1, 0.15) is 26.2 Å². The third-order valence-electron chi connectivity index (χ3n) is 3.05. The first-order valence-corrected chi connectivity index (χ1v) is 5.78. The Hall–Kier alpha value is -0.650. The van der Waals surface area contributed by atoms with E-state index in [9.17, 15) is 4.79 Å². The number of methoxy groups -OCH3 is 1. The van der Waals surface area contributed by atoms with Crippen LogP contribution in [0.3, 0.4) is 0 Å². The second-order valence-corrected chi connectivity index (χ2v) is 4.50. The first kappa shape index (κ1) is 13.4. The molecular weight excluding hydrogens is 208 g/mol. The number of ether oxygens (including phenoxy) is 1. The third kappa shape index (κ3) is 3.43. The van der Waals surface area contributed by atoms with E-state index in [0.717, 1.165) is 19.4 Å². The largest absolute Gasteiger partial charge is 0.396 e. The van der Waals surface area contributed by atoms with Gasteiger partial charge < -0.3 is 20.5 Å². The zero-order chi connectivity index (χ0) is 12.0. The van der Waals surface area contributed by atoms with Gasteiger partial charge in [-0.3, -0.25) is 4.79 Å². The van der Waals surface area contributed by atoms with Crippen molar-refractivity contribution in [3.63, 3.8) is 0 Å². The average molecular weight is 230 g/mol. The van der Waals surface area contributed by atoms with E-state index in [-0.39, 0.29) is 18.6 Å². The topological polar surface area (TPSA) is 70.6 Å². The quantitative estimate of drug-likeness (QED) is 0.583. The van der Waals surface area contributed by atoms with Crippen molar-refractivity contribution in [2.75, 3.05) is 26.9 Å². The van der Waals surface area contributed by atoms with Crippen LogP contribution < -0.4 is 10.6 Å². The minimum Gasteiger partial charge on any atom is -0.396 e. The van der Waals surface area contributed by atoms with Crippen LogP contribution in [0.25, 0.3) is 0 Å². The Kier molecular flexibility index (Phi) is 5.18. The van der Waals surface area contributed by atoms with Gasteiger partial charge in [-0.05, 0) is 32.7 Å². The number of hydrogen-bond acceptors (Lipinski definition) is 4. The first-order chi connectivity index (χ1) is 7.62. The molecule has 1 fully saturated rings. The molecule has 1 amide bonds. The lowest BCUT2D eigenvalue weighted by atomic mass is 9.98. The fourth-order valence-corrected chi connectivity index (χ4v) is 1.99. The number of nitrogens with one attached hydrogen (secondary N) is 2. The molecule has 1 saturated heterocycles. The Morgan fingerprint density at radius 1 is 1.69 bits per heavy atom. The summed E-state index contributed by atoms with van der Waals surface area (Å²) in [6.45, 7) is 3.29. The normalized spacial score (nSPS) is 26.7. The molecule has 0 aromatic heterocycles. The van der Waals surface area contributed by atoms with Gasteiger partial charge in [0.25, 0.3) is 0 Å². The second kappa shape index (κ2) is 6.18. The van der Waals surface area contributed by atoms with Gasteiger partial charge in [-0.15, -0.1) is 0 Å². The summed E-state index contributed by atoms with van der Waals surface area (Å²) in [6, 6.07) is -0.110. The molecule has 0 bridgehead atoms. The molecule has 0 aliphatic carbocycles. The summed E-state index contributed by atoms with van der Waals surface area (Å²) in [6.07, 6.45) is 2.41. The number of carbonyl (C=O) groups is 1. The molecule has 5 heteroatoms. The molecule has 5 nitrogen and oxygen atoms in total. The minimum atomic E-state index is -0.457. The van der Waals surface area contributed by atoms with E-state index in [4.69, 9.17) is 9.84 Å². The molecule has 94 valence electrons. The van der Waals surface area contributed by atoms with Crippen molar-refractivity contribution in [3.05, 3.63) is 0 Å². The molecule has 0 aromatic rings. The fraction of sp³-hybridized carbons (Fsp3) is 0.909. The van der Waals surface area contributed by atoms with Gasteiger partial charge in [0.05, 0.1) is 18.2 Å². The van der Waals surface area contributed by atoms with Crippen molar-refractivity contribution in [1.29, 1.82) is 0 Å². The molecule has 1 aliphatic heterocycles. The van der Waals surface area contributed by atoms with Gasteiger partial charge in [-0.2, -0.15) is 0 Å². The van der Waals surface area contributed by atoms with Gasteiger partial charge in [-0.1, -0.05) is 0 Å². The molecule has 2 atom stereocenters. The van der Waals surface area contributed by atoms with E-state index in [1.54, 1.807) is 7.11 Å². The first-order valence-electron chi connectivity index (χ1n) is 5.78. The van der Waals surface area contributed by atoms with E-state index in [1.165, 1.54) is 0 Å². The van der Waals surface area contributed by atoms with Gasteiger partial charge in [0.1, 0.15) is 0 Å². The SMILES string of the molecule is COCC(CCO)NC(=O)C1(C)CCCN1. The van der Waals surface area contributed by atoms with Crippen LogP contribution in [-0.4, -0.2) is 49.5 Å². The molecule has 16 heavy (non-hydrogen) atoms. The number of amides is 1. The van der Waals surface area contributed by atoms with Crippen molar-refractivity contribution in [1.82, 2.24) is 10.6 Å². The second-order valence-electron chi connectivity index (χ2n) is 4.50. The van der Waals surface area contributed by atoms with Crippen LogP contribution in [0, 0.1) is 0 Å². The molecule has 0 radical (unpaired) electrons. The minimum absolute atomic E-state index is 0.000463. The van der Waals surface area contributed by atoms with Gasteiger partial charge in [-0.25, -0.2) is 0 Å². The van der Waals surface area contributed by atoms with Crippen molar-refractivity contribution in [2.45, 2.75) is 37.8 Å². The fourth-order valence-electron chi connectivity index (χ4n) is 1.99. The maximum atomic E-state index is 12.0. The van der Waals surface area contributed by atoms with Gasteiger partial charge in [0, 0.05) is 13.7 Å². The Balaban J connectivity index is 2.46. The van der Waals surface area contributed by atoms with Crippen LogP contribution >= 0.6 is 0 Å². The van der Waals surface area contributed by atoms with E-state index >= 15 is 0 Å². The number of carbonyl (C=O) groups excluding carboxylic acids is 1. The molecule has 1 rings (SSSR count). The highest BCUT2D eigenvalue weighted by molar-refractivity contribution is 5.86.